The van der Waals surface area contributed by atoms with Crippen LogP contribution in [0, 0.1) is 11.5 Å². The van der Waals surface area contributed by atoms with E-state index in [0.717, 1.165) is 6.19 Å². The van der Waals surface area contributed by atoms with E-state index in [9.17, 15) is 9.18 Å². The predicted octanol–water partition coefficient (Wildman–Crippen LogP) is 0.306. The molecular weight excluding hydrogens is 131 g/mol. The van der Waals surface area contributed by atoms with E-state index in [2.05, 4.69) is 4.84 Å². The van der Waals surface area contributed by atoms with Crippen LogP contribution in [0.25, 0.3) is 0 Å². The molecule has 0 aromatic heterocycles. The van der Waals surface area contributed by atoms with Gasteiger partial charge in [0.25, 0.3) is 0 Å². The monoisotopic (exact) mass is 134 g/mol. The Morgan fingerprint density at radius 1 is 2.00 bits per heavy atom. The predicted molar refractivity (Wildman–Crippen MR) is 22.5 cm³/mol. The molecule has 9 heavy (non-hydrogen) atoms. The summed E-state index contributed by atoms with van der Waals surface area (Å²) >= 11 is 0. The third-order valence-electron chi connectivity index (χ3n) is 0.442. The number of nitriles is 1. The van der Waals surface area contributed by atoms with E-state index in [4.69, 9.17) is 10.4 Å². The molecule has 0 aliphatic heterocycles. The summed E-state index contributed by atoms with van der Waals surface area (Å²) in [6.45, 7) is -1.33. The topological polar surface area (TPSA) is 73.6 Å². The minimum absolute atomic E-state index is 0.181. The Morgan fingerprint density at radius 2 is 2.56 bits per heavy atom. The van der Waals surface area contributed by atoms with E-state index in [-0.39, 0.29) is 5.06 Å². The van der Waals surface area contributed by atoms with Crippen molar-refractivity contribution in [1.82, 2.24) is 5.06 Å². The summed E-state index contributed by atoms with van der Waals surface area (Å²) in [5.74, 6) is 0. The third kappa shape index (κ3) is 2.46. The molecule has 0 bridgehead atoms. The highest BCUT2D eigenvalue weighted by atomic mass is 19.1. The summed E-state index contributed by atoms with van der Waals surface area (Å²) < 4.78 is 11.1. The van der Waals surface area contributed by atoms with Gasteiger partial charge in [0, 0.05) is 0 Å². The van der Waals surface area contributed by atoms with Crippen molar-refractivity contribution in [2.24, 2.45) is 0 Å². The quantitative estimate of drug-likeness (QED) is 0.335. The minimum Gasteiger partial charge on any atom is -0.463 e. The van der Waals surface area contributed by atoms with Crippen LogP contribution in [0.4, 0.5) is 9.18 Å². The molecule has 0 atom stereocenters. The molecule has 50 valence electrons. The molecule has 0 unspecified atom stereocenters. The third-order valence-corrected chi connectivity index (χ3v) is 0.442. The fourth-order valence-corrected chi connectivity index (χ4v) is 0.176. The number of alkyl halides is 1. The molecule has 1 N–H and O–H groups in total. The Morgan fingerprint density at radius 3 is 2.67 bits per heavy atom. The first-order valence-electron chi connectivity index (χ1n) is 1.84. The summed E-state index contributed by atoms with van der Waals surface area (Å²) in [4.78, 5) is 13.4. The maximum Gasteiger partial charge on any atom is 0.445 e. The molecule has 6 heteroatoms. The van der Waals surface area contributed by atoms with E-state index in [0.29, 0.717) is 0 Å². The van der Waals surface area contributed by atoms with E-state index in [1.54, 1.807) is 0 Å². The molecule has 0 aliphatic carbocycles. The van der Waals surface area contributed by atoms with Crippen molar-refractivity contribution in [3.8, 4) is 6.19 Å². The molecule has 0 fully saturated rings. The average Bonchev–Trinajstić information content (AvgIpc) is 1.82. The Labute approximate surface area is 49.8 Å². The highest BCUT2D eigenvalue weighted by Gasteiger charge is 2.09. The van der Waals surface area contributed by atoms with Crippen molar-refractivity contribution >= 4 is 6.09 Å². The zero-order valence-electron chi connectivity index (χ0n) is 4.24. The lowest BCUT2D eigenvalue weighted by Gasteiger charge is -2.03. The molecule has 0 saturated heterocycles. The van der Waals surface area contributed by atoms with Crippen LogP contribution in [-0.2, 0) is 4.84 Å². The molecule has 0 aromatic carbocycles. The molecule has 0 spiro atoms. The number of hydrogen-bond donors (Lipinski definition) is 1. The molecule has 0 heterocycles. The van der Waals surface area contributed by atoms with Crippen LogP contribution in [-0.4, -0.2) is 23.1 Å². The second kappa shape index (κ2) is 3.63. The summed E-state index contributed by atoms with van der Waals surface area (Å²) in [5.41, 5.74) is 0. The van der Waals surface area contributed by atoms with E-state index in [1.807, 2.05) is 0 Å². The van der Waals surface area contributed by atoms with Gasteiger partial charge in [-0.3, -0.25) is 0 Å². The van der Waals surface area contributed by atoms with Gasteiger partial charge in [-0.15, -0.1) is 0 Å². The van der Waals surface area contributed by atoms with Crippen LogP contribution in [0.5, 0.6) is 0 Å². The van der Waals surface area contributed by atoms with Gasteiger partial charge in [-0.1, -0.05) is 5.06 Å². The second-order valence-corrected chi connectivity index (χ2v) is 0.915. The first-order chi connectivity index (χ1) is 4.22. The normalized spacial score (nSPS) is 8.00. The van der Waals surface area contributed by atoms with Gasteiger partial charge in [0.2, 0.25) is 13.1 Å². The van der Waals surface area contributed by atoms with Gasteiger partial charge in [0.15, 0.2) is 0 Å². The lowest BCUT2D eigenvalue weighted by Crippen LogP contribution is -2.23. The van der Waals surface area contributed by atoms with Crippen LogP contribution in [0.15, 0.2) is 0 Å². The van der Waals surface area contributed by atoms with E-state index in [1.165, 1.54) is 0 Å². The van der Waals surface area contributed by atoms with Crippen molar-refractivity contribution in [2.45, 2.75) is 0 Å². The SMILES string of the molecule is N#CN(OCF)C(=O)O. The molecule has 0 radical (unpaired) electrons. The zero-order chi connectivity index (χ0) is 7.28. The van der Waals surface area contributed by atoms with Gasteiger partial charge in [-0.2, -0.15) is 5.26 Å². The maximum atomic E-state index is 11.1. The number of hydrogen-bond acceptors (Lipinski definition) is 3. The average molecular weight is 134 g/mol. The van der Waals surface area contributed by atoms with Crippen LogP contribution in [0.3, 0.4) is 0 Å². The van der Waals surface area contributed by atoms with Gasteiger partial charge in [0.1, 0.15) is 0 Å². The fourth-order valence-electron chi connectivity index (χ4n) is 0.176. The van der Waals surface area contributed by atoms with Gasteiger partial charge in [-0.05, 0) is 0 Å². The Balaban J connectivity index is 3.72. The lowest BCUT2D eigenvalue weighted by atomic mass is 11.0. The number of amides is 1. The van der Waals surface area contributed by atoms with Crippen molar-refractivity contribution in [3.05, 3.63) is 0 Å². The number of carboxylic acid groups (broad SMARTS) is 1. The number of carbonyl (C=O) groups is 1. The van der Waals surface area contributed by atoms with E-state index >= 15 is 0 Å². The van der Waals surface area contributed by atoms with E-state index < -0.39 is 13.0 Å². The lowest BCUT2D eigenvalue weighted by molar-refractivity contribution is -0.123. The van der Waals surface area contributed by atoms with Crippen molar-refractivity contribution in [2.75, 3.05) is 6.86 Å². The first kappa shape index (κ1) is 7.65. The molecule has 0 aromatic rings. The Kier molecular flexibility index (Phi) is 3.08. The fraction of sp³-hybridized carbons (Fsp3) is 0.333. The largest absolute Gasteiger partial charge is 0.463 e. The standard InChI is InChI=1S/C3H3FN2O3/c4-1-9-6(2-5)3(7)8/h1H2,(H,7,8). The summed E-state index contributed by atoms with van der Waals surface area (Å²) in [6.07, 6.45) is -0.569. The van der Waals surface area contributed by atoms with Crippen LogP contribution in [0.2, 0.25) is 0 Å². The molecule has 0 rings (SSSR count). The molecule has 0 saturated carbocycles. The van der Waals surface area contributed by atoms with Crippen molar-refractivity contribution in [3.63, 3.8) is 0 Å². The van der Waals surface area contributed by atoms with Crippen LogP contribution >= 0.6 is 0 Å². The molecular formula is C3H3FN2O3. The first-order valence-corrected chi connectivity index (χ1v) is 1.84. The minimum atomic E-state index is -1.64. The van der Waals surface area contributed by atoms with Gasteiger partial charge >= 0.3 is 6.09 Å². The van der Waals surface area contributed by atoms with Crippen LogP contribution in [0.1, 0.15) is 0 Å². The number of rotatable bonds is 2. The number of nitrogens with zero attached hydrogens (tertiary/aromatic N) is 2. The smallest absolute Gasteiger partial charge is 0.445 e. The Bertz CT molecular complexity index is 142. The molecule has 5 nitrogen and oxygen atoms in total. The number of hydroxylamine groups is 2. The van der Waals surface area contributed by atoms with Crippen molar-refractivity contribution in [1.29, 1.82) is 5.26 Å². The molecule has 1 amide bonds. The number of halogens is 1. The summed E-state index contributed by atoms with van der Waals surface area (Å²) in [5, 5.41) is 15.6. The van der Waals surface area contributed by atoms with Crippen molar-refractivity contribution < 1.29 is 19.1 Å². The highest BCUT2D eigenvalue weighted by Crippen LogP contribution is 1.87. The summed E-state index contributed by atoms with van der Waals surface area (Å²) in [7, 11) is 0. The van der Waals surface area contributed by atoms with Crippen LogP contribution < -0.4 is 0 Å². The maximum absolute atomic E-state index is 11.1. The Hall–Kier alpha value is -1.35. The van der Waals surface area contributed by atoms with Gasteiger partial charge < -0.3 is 5.11 Å². The molecule has 0 aliphatic rings. The van der Waals surface area contributed by atoms with Gasteiger partial charge in [0.05, 0.1) is 0 Å². The van der Waals surface area contributed by atoms with Gasteiger partial charge in [-0.25, -0.2) is 14.0 Å². The second-order valence-electron chi connectivity index (χ2n) is 0.915. The zero-order valence-corrected chi connectivity index (χ0v) is 4.24. The summed E-state index contributed by atoms with van der Waals surface area (Å²) in [6, 6.07) is 0. The highest BCUT2D eigenvalue weighted by molar-refractivity contribution is 5.65.